The minimum absolute atomic E-state index is 0.0957. The standard InChI is InChI=1S/C13H26N2O2/c1-15-8-5-13(6-9-15)12(4-3-10-16-2)14-7-11-17-13/h12,14H,3-11H2,1-2H3. The topological polar surface area (TPSA) is 33.7 Å². The summed E-state index contributed by atoms with van der Waals surface area (Å²) in [5.74, 6) is 0. The first-order valence-electron chi connectivity index (χ1n) is 6.82. The van der Waals surface area contributed by atoms with Crippen molar-refractivity contribution < 1.29 is 9.47 Å². The Hall–Kier alpha value is -0.160. The molecule has 2 fully saturated rings. The molecule has 2 saturated heterocycles. The lowest BCUT2D eigenvalue weighted by Gasteiger charge is -2.48. The van der Waals surface area contributed by atoms with E-state index in [0.29, 0.717) is 6.04 Å². The largest absolute Gasteiger partial charge is 0.385 e. The second-order valence-corrected chi connectivity index (χ2v) is 5.36. The second kappa shape index (κ2) is 6.14. The van der Waals surface area contributed by atoms with Crippen molar-refractivity contribution in [1.29, 1.82) is 0 Å². The molecule has 0 bridgehead atoms. The van der Waals surface area contributed by atoms with Crippen molar-refractivity contribution in [1.82, 2.24) is 10.2 Å². The molecule has 2 aliphatic heterocycles. The molecule has 0 saturated carbocycles. The van der Waals surface area contributed by atoms with Gasteiger partial charge in [-0.3, -0.25) is 0 Å². The maximum Gasteiger partial charge on any atom is 0.0859 e. The summed E-state index contributed by atoms with van der Waals surface area (Å²) in [5.41, 5.74) is 0.0957. The van der Waals surface area contributed by atoms with Crippen molar-refractivity contribution >= 4 is 0 Å². The monoisotopic (exact) mass is 242 g/mol. The third-order valence-electron chi connectivity index (χ3n) is 4.19. The summed E-state index contributed by atoms with van der Waals surface area (Å²) in [5, 5.41) is 3.65. The number of likely N-dealkylation sites (tertiary alicyclic amines) is 1. The zero-order valence-corrected chi connectivity index (χ0v) is 11.2. The van der Waals surface area contributed by atoms with E-state index < -0.39 is 0 Å². The molecule has 2 rings (SSSR count). The average molecular weight is 242 g/mol. The Morgan fingerprint density at radius 3 is 2.88 bits per heavy atom. The van der Waals surface area contributed by atoms with E-state index >= 15 is 0 Å². The van der Waals surface area contributed by atoms with Crippen LogP contribution < -0.4 is 5.32 Å². The lowest BCUT2D eigenvalue weighted by Crippen LogP contribution is -2.61. The maximum absolute atomic E-state index is 6.17. The van der Waals surface area contributed by atoms with Gasteiger partial charge in [-0.25, -0.2) is 0 Å². The van der Waals surface area contributed by atoms with Gasteiger partial charge in [0.15, 0.2) is 0 Å². The van der Waals surface area contributed by atoms with Crippen LogP contribution in [0.15, 0.2) is 0 Å². The highest BCUT2D eigenvalue weighted by Crippen LogP contribution is 2.33. The molecular formula is C13H26N2O2. The summed E-state index contributed by atoms with van der Waals surface area (Å²) in [6.45, 7) is 5.03. The van der Waals surface area contributed by atoms with Crippen molar-refractivity contribution in [2.24, 2.45) is 0 Å². The van der Waals surface area contributed by atoms with Crippen LogP contribution in [0.25, 0.3) is 0 Å². The van der Waals surface area contributed by atoms with Gasteiger partial charge in [-0.05, 0) is 32.7 Å². The molecule has 0 aromatic rings. The third kappa shape index (κ3) is 3.19. The molecule has 2 heterocycles. The third-order valence-corrected chi connectivity index (χ3v) is 4.19. The summed E-state index contributed by atoms with van der Waals surface area (Å²) >= 11 is 0. The van der Waals surface area contributed by atoms with E-state index in [-0.39, 0.29) is 5.60 Å². The predicted octanol–water partition coefficient (Wildman–Crippen LogP) is 0.866. The highest BCUT2D eigenvalue weighted by atomic mass is 16.5. The molecule has 100 valence electrons. The molecule has 2 aliphatic rings. The summed E-state index contributed by atoms with van der Waals surface area (Å²) in [7, 11) is 3.97. The zero-order valence-electron chi connectivity index (χ0n) is 11.2. The van der Waals surface area contributed by atoms with Gasteiger partial charge in [-0.15, -0.1) is 0 Å². The van der Waals surface area contributed by atoms with Gasteiger partial charge in [0, 0.05) is 39.4 Å². The van der Waals surface area contributed by atoms with Gasteiger partial charge in [0.25, 0.3) is 0 Å². The van der Waals surface area contributed by atoms with Gasteiger partial charge < -0.3 is 19.7 Å². The Labute approximate surface area is 105 Å². The summed E-state index contributed by atoms with van der Waals surface area (Å²) in [6.07, 6.45) is 4.61. The Bertz CT molecular complexity index is 227. The molecule has 1 N–H and O–H groups in total. The van der Waals surface area contributed by atoms with Crippen LogP contribution in [0.2, 0.25) is 0 Å². The van der Waals surface area contributed by atoms with Crippen molar-refractivity contribution in [3.8, 4) is 0 Å². The smallest absolute Gasteiger partial charge is 0.0859 e. The second-order valence-electron chi connectivity index (χ2n) is 5.36. The Kier molecular flexibility index (Phi) is 4.79. The molecule has 17 heavy (non-hydrogen) atoms. The van der Waals surface area contributed by atoms with Crippen LogP contribution >= 0.6 is 0 Å². The molecule has 0 aromatic heterocycles. The minimum atomic E-state index is 0.0957. The van der Waals surface area contributed by atoms with Gasteiger partial charge >= 0.3 is 0 Å². The molecule has 1 unspecified atom stereocenters. The van der Waals surface area contributed by atoms with E-state index in [1.54, 1.807) is 7.11 Å². The van der Waals surface area contributed by atoms with Gasteiger partial charge in [0.1, 0.15) is 0 Å². The lowest BCUT2D eigenvalue weighted by atomic mass is 9.81. The Morgan fingerprint density at radius 1 is 1.41 bits per heavy atom. The van der Waals surface area contributed by atoms with E-state index in [0.717, 1.165) is 58.5 Å². The summed E-state index contributed by atoms with van der Waals surface area (Å²) in [4.78, 5) is 2.40. The number of methoxy groups -OCH3 is 1. The highest BCUT2D eigenvalue weighted by molar-refractivity contribution is 4.99. The van der Waals surface area contributed by atoms with Gasteiger partial charge in [-0.1, -0.05) is 0 Å². The average Bonchev–Trinajstić information content (AvgIpc) is 2.36. The molecule has 1 spiro atoms. The number of ether oxygens (including phenoxy) is 2. The van der Waals surface area contributed by atoms with E-state index in [2.05, 4.69) is 17.3 Å². The zero-order chi connectivity index (χ0) is 12.1. The number of rotatable bonds is 4. The molecule has 0 aromatic carbocycles. The van der Waals surface area contributed by atoms with Gasteiger partial charge in [0.2, 0.25) is 0 Å². The summed E-state index contributed by atoms with van der Waals surface area (Å²) < 4.78 is 11.3. The van der Waals surface area contributed by atoms with E-state index in [1.165, 1.54) is 0 Å². The number of morpholine rings is 1. The normalized spacial score (nSPS) is 29.6. The van der Waals surface area contributed by atoms with Crippen molar-refractivity contribution in [2.45, 2.75) is 37.3 Å². The van der Waals surface area contributed by atoms with Crippen molar-refractivity contribution in [2.75, 3.05) is 47.0 Å². The number of piperidine rings is 1. The van der Waals surface area contributed by atoms with E-state index in [9.17, 15) is 0 Å². The van der Waals surface area contributed by atoms with Gasteiger partial charge in [0.05, 0.1) is 12.2 Å². The molecule has 4 heteroatoms. The van der Waals surface area contributed by atoms with Crippen LogP contribution in [-0.4, -0.2) is 63.5 Å². The Morgan fingerprint density at radius 2 is 2.18 bits per heavy atom. The highest BCUT2D eigenvalue weighted by Gasteiger charge is 2.43. The Balaban J connectivity index is 1.91. The molecule has 1 atom stereocenters. The van der Waals surface area contributed by atoms with Crippen molar-refractivity contribution in [3.63, 3.8) is 0 Å². The molecule has 0 aliphatic carbocycles. The summed E-state index contributed by atoms with van der Waals surface area (Å²) in [6, 6.07) is 0.514. The van der Waals surface area contributed by atoms with Crippen LogP contribution in [0.3, 0.4) is 0 Å². The van der Waals surface area contributed by atoms with Crippen LogP contribution in [0.5, 0.6) is 0 Å². The van der Waals surface area contributed by atoms with Crippen LogP contribution in [0.1, 0.15) is 25.7 Å². The lowest BCUT2D eigenvalue weighted by molar-refractivity contribution is -0.127. The van der Waals surface area contributed by atoms with Crippen LogP contribution in [0.4, 0.5) is 0 Å². The quantitative estimate of drug-likeness (QED) is 0.742. The number of hydrogen-bond acceptors (Lipinski definition) is 4. The van der Waals surface area contributed by atoms with E-state index in [1.807, 2.05) is 0 Å². The molecule has 4 nitrogen and oxygen atoms in total. The molecule has 0 amide bonds. The number of hydrogen-bond donors (Lipinski definition) is 1. The first kappa shape index (κ1) is 13.3. The fourth-order valence-electron chi connectivity index (χ4n) is 3.06. The van der Waals surface area contributed by atoms with Gasteiger partial charge in [-0.2, -0.15) is 0 Å². The van der Waals surface area contributed by atoms with Crippen LogP contribution in [0, 0.1) is 0 Å². The number of nitrogens with one attached hydrogen (secondary N) is 1. The fraction of sp³-hybridized carbons (Fsp3) is 1.00. The fourth-order valence-corrected chi connectivity index (χ4v) is 3.06. The first-order chi connectivity index (χ1) is 8.27. The molecular weight excluding hydrogens is 216 g/mol. The first-order valence-corrected chi connectivity index (χ1v) is 6.82. The maximum atomic E-state index is 6.17. The number of nitrogens with zero attached hydrogens (tertiary/aromatic N) is 1. The van der Waals surface area contributed by atoms with E-state index in [4.69, 9.17) is 9.47 Å². The van der Waals surface area contributed by atoms with Crippen molar-refractivity contribution in [3.05, 3.63) is 0 Å². The molecule has 0 radical (unpaired) electrons. The minimum Gasteiger partial charge on any atom is -0.385 e. The van der Waals surface area contributed by atoms with Crippen LogP contribution in [-0.2, 0) is 9.47 Å². The predicted molar refractivity (Wildman–Crippen MR) is 68.3 cm³/mol. The SMILES string of the molecule is COCCCC1NCCOC12CCN(C)CC2.